The van der Waals surface area contributed by atoms with Gasteiger partial charge in [0.05, 0.1) is 19.4 Å². The Hall–Kier alpha value is -3.75. The molecule has 15 heteroatoms. The zero-order valence-corrected chi connectivity index (χ0v) is 15.8. The molecule has 0 heterocycles. The number of primary amides is 2. The Morgan fingerprint density at radius 2 is 1.17 bits per heavy atom. The van der Waals surface area contributed by atoms with Crippen LogP contribution in [0.25, 0.3) is 0 Å². The fourth-order valence-corrected chi connectivity index (χ4v) is 2.14. The summed E-state index contributed by atoms with van der Waals surface area (Å²) in [6.07, 6.45) is -2.45. The van der Waals surface area contributed by atoms with Gasteiger partial charge < -0.3 is 43.4 Å². The van der Waals surface area contributed by atoms with E-state index < -0.39 is 91.8 Å². The number of carboxylic acids is 2. The highest BCUT2D eigenvalue weighted by Crippen LogP contribution is 2.02. The normalized spacial score (nSPS) is 13.2. The Morgan fingerprint density at radius 1 is 0.733 bits per heavy atom. The third-order valence-electron chi connectivity index (χ3n) is 3.54. The average molecular weight is 432 g/mol. The minimum absolute atomic E-state index is 0.468. The second-order valence-corrected chi connectivity index (χ2v) is 6.06. The van der Waals surface area contributed by atoms with Crippen LogP contribution in [-0.4, -0.2) is 76.4 Å². The molecule has 0 aromatic carbocycles. The molecule has 0 aliphatic carbocycles. The zero-order valence-electron chi connectivity index (χ0n) is 15.8. The molecular weight excluding hydrogens is 408 g/mol. The lowest BCUT2D eigenvalue weighted by molar-refractivity contribution is -0.143. The highest BCUT2D eigenvalue weighted by Gasteiger charge is 2.31. The number of amides is 5. The van der Waals surface area contributed by atoms with Gasteiger partial charge in [0.2, 0.25) is 29.5 Å². The van der Waals surface area contributed by atoms with Crippen LogP contribution in [-0.2, 0) is 33.6 Å². The minimum Gasteiger partial charge on any atom is -0.481 e. The molecule has 15 nitrogen and oxygen atoms in total. The first-order valence-electron chi connectivity index (χ1n) is 8.48. The van der Waals surface area contributed by atoms with Gasteiger partial charge in [-0.15, -0.1) is 0 Å². The molecule has 0 aromatic heterocycles. The summed E-state index contributed by atoms with van der Waals surface area (Å²) >= 11 is 0. The van der Waals surface area contributed by atoms with Crippen LogP contribution >= 0.6 is 0 Å². The van der Waals surface area contributed by atoms with Crippen molar-refractivity contribution in [3.8, 4) is 0 Å². The van der Waals surface area contributed by atoms with Gasteiger partial charge in [0.1, 0.15) is 18.1 Å². The molecule has 5 amide bonds. The Balaban J connectivity index is 5.41. The van der Waals surface area contributed by atoms with Crippen molar-refractivity contribution in [2.75, 3.05) is 6.54 Å². The molecule has 0 saturated carbocycles. The molecule has 3 atom stereocenters. The second kappa shape index (κ2) is 12.7. The molecule has 3 unspecified atom stereocenters. The Kier molecular flexibility index (Phi) is 11.1. The van der Waals surface area contributed by atoms with Crippen molar-refractivity contribution in [2.24, 2.45) is 17.2 Å². The summed E-state index contributed by atoms with van der Waals surface area (Å²) in [5, 5.41) is 23.9. The molecule has 30 heavy (non-hydrogen) atoms. The van der Waals surface area contributed by atoms with E-state index in [0.717, 1.165) is 0 Å². The summed E-state index contributed by atoms with van der Waals surface area (Å²) < 4.78 is 0. The van der Waals surface area contributed by atoms with Gasteiger partial charge in [-0.3, -0.25) is 28.8 Å². The summed E-state index contributed by atoms with van der Waals surface area (Å²) in [6, 6.07) is -4.82. The maximum absolute atomic E-state index is 12.4. The van der Waals surface area contributed by atoms with Crippen LogP contribution in [0.3, 0.4) is 0 Å². The second-order valence-electron chi connectivity index (χ2n) is 6.06. The van der Waals surface area contributed by atoms with Gasteiger partial charge in [0.15, 0.2) is 0 Å². The highest BCUT2D eigenvalue weighted by molar-refractivity contribution is 5.97. The van der Waals surface area contributed by atoms with Crippen LogP contribution in [0.5, 0.6) is 0 Å². The predicted molar refractivity (Wildman–Crippen MR) is 97.0 cm³/mol. The Labute approximate surface area is 169 Å². The lowest BCUT2D eigenvalue weighted by atomic mass is 10.1. The van der Waals surface area contributed by atoms with E-state index in [-0.39, 0.29) is 0 Å². The number of carbonyl (C=O) groups is 7. The molecule has 0 saturated heterocycles. The standard InChI is InChI=1S/C15H24N6O9/c16-5-11(24)19-7(3-9(17)22)13(27)21-8(4-10(18)23)14(28)20-6(15(29)30)1-2-12(25)26/h6-8H,1-5,16H2,(H2,17,22)(H2,18,23)(H,19,24)(H,20,28)(H,21,27)(H,25,26)(H,29,30). The molecule has 0 rings (SSSR count). The van der Waals surface area contributed by atoms with E-state index in [1.807, 2.05) is 5.32 Å². The van der Waals surface area contributed by atoms with E-state index in [1.165, 1.54) is 0 Å². The van der Waals surface area contributed by atoms with Crippen molar-refractivity contribution in [2.45, 2.75) is 43.8 Å². The third kappa shape index (κ3) is 10.5. The van der Waals surface area contributed by atoms with Crippen LogP contribution in [0.1, 0.15) is 25.7 Å². The van der Waals surface area contributed by atoms with E-state index in [9.17, 15) is 33.6 Å². The molecule has 0 aliphatic rings. The van der Waals surface area contributed by atoms with E-state index >= 15 is 0 Å². The number of aliphatic carboxylic acids is 2. The van der Waals surface area contributed by atoms with E-state index in [2.05, 4.69) is 10.6 Å². The Morgan fingerprint density at radius 3 is 1.53 bits per heavy atom. The van der Waals surface area contributed by atoms with Gasteiger partial charge in [0.25, 0.3) is 0 Å². The molecule has 0 aromatic rings. The lowest BCUT2D eigenvalue weighted by Crippen LogP contribution is -2.57. The lowest BCUT2D eigenvalue weighted by Gasteiger charge is -2.23. The smallest absolute Gasteiger partial charge is 0.326 e. The summed E-state index contributed by atoms with van der Waals surface area (Å²) in [7, 11) is 0. The number of hydrogen-bond donors (Lipinski definition) is 8. The summed E-state index contributed by atoms with van der Waals surface area (Å²) in [5.74, 6) is -7.91. The topological polar surface area (TPSA) is 274 Å². The molecular formula is C15H24N6O9. The van der Waals surface area contributed by atoms with Crippen molar-refractivity contribution in [3.05, 3.63) is 0 Å². The fourth-order valence-electron chi connectivity index (χ4n) is 2.14. The molecule has 0 fully saturated rings. The van der Waals surface area contributed by atoms with E-state index in [0.29, 0.717) is 0 Å². The van der Waals surface area contributed by atoms with Crippen molar-refractivity contribution < 1.29 is 43.8 Å². The number of hydrogen-bond acceptors (Lipinski definition) is 8. The number of rotatable bonds is 14. The maximum Gasteiger partial charge on any atom is 0.326 e. The fraction of sp³-hybridized carbons (Fsp3) is 0.533. The van der Waals surface area contributed by atoms with Gasteiger partial charge in [-0.25, -0.2) is 4.79 Å². The van der Waals surface area contributed by atoms with Crippen LogP contribution in [0.15, 0.2) is 0 Å². The number of carbonyl (C=O) groups excluding carboxylic acids is 5. The monoisotopic (exact) mass is 432 g/mol. The summed E-state index contributed by atoms with van der Waals surface area (Å²) in [5.41, 5.74) is 15.2. The first-order valence-corrected chi connectivity index (χ1v) is 8.48. The average Bonchev–Trinajstić information content (AvgIpc) is 2.62. The van der Waals surface area contributed by atoms with Gasteiger partial charge in [-0.2, -0.15) is 0 Å². The SMILES string of the molecule is NCC(=O)NC(CC(N)=O)C(=O)NC(CC(N)=O)C(=O)NC(CCC(=O)O)C(=O)O. The van der Waals surface area contributed by atoms with Crippen LogP contribution in [0.4, 0.5) is 0 Å². The molecule has 0 bridgehead atoms. The number of nitrogens with one attached hydrogen (secondary N) is 3. The van der Waals surface area contributed by atoms with E-state index in [1.54, 1.807) is 0 Å². The number of nitrogens with two attached hydrogens (primary N) is 3. The summed E-state index contributed by atoms with van der Waals surface area (Å²) in [4.78, 5) is 80.3. The molecule has 0 radical (unpaired) electrons. The maximum atomic E-state index is 12.4. The van der Waals surface area contributed by atoms with Crippen molar-refractivity contribution in [3.63, 3.8) is 0 Å². The molecule has 11 N–H and O–H groups in total. The van der Waals surface area contributed by atoms with Crippen molar-refractivity contribution in [1.82, 2.24) is 16.0 Å². The third-order valence-corrected chi connectivity index (χ3v) is 3.54. The first kappa shape index (κ1) is 26.2. The van der Waals surface area contributed by atoms with Gasteiger partial charge >= 0.3 is 11.9 Å². The summed E-state index contributed by atoms with van der Waals surface area (Å²) in [6.45, 7) is -0.516. The first-order chi connectivity index (χ1) is 13.9. The quantitative estimate of drug-likeness (QED) is 0.129. The number of carboxylic acid groups (broad SMARTS) is 2. The van der Waals surface area contributed by atoms with Crippen LogP contribution in [0, 0.1) is 0 Å². The molecule has 168 valence electrons. The van der Waals surface area contributed by atoms with Crippen molar-refractivity contribution in [1.29, 1.82) is 0 Å². The van der Waals surface area contributed by atoms with Gasteiger partial charge in [-0.05, 0) is 6.42 Å². The van der Waals surface area contributed by atoms with Gasteiger partial charge in [-0.1, -0.05) is 0 Å². The zero-order chi connectivity index (χ0) is 23.4. The minimum atomic E-state index is -1.67. The van der Waals surface area contributed by atoms with Gasteiger partial charge in [0, 0.05) is 6.42 Å². The van der Waals surface area contributed by atoms with E-state index in [4.69, 9.17) is 27.4 Å². The highest BCUT2D eigenvalue weighted by atomic mass is 16.4. The molecule has 0 spiro atoms. The predicted octanol–water partition coefficient (Wildman–Crippen LogP) is -4.90. The van der Waals surface area contributed by atoms with Crippen LogP contribution in [0.2, 0.25) is 0 Å². The molecule has 0 aliphatic heterocycles. The largest absolute Gasteiger partial charge is 0.481 e. The van der Waals surface area contributed by atoms with Crippen molar-refractivity contribution >= 4 is 41.5 Å². The van der Waals surface area contributed by atoms with Crippen LogP contribution < -0.4 is 33.2 Å². The Bertz CT molecular complexity index is 711.